The molecule has 14 heteroatoms. The van der Waals surface area contributed by atoms with Crippen molar-refractivity contribution >= 4 is 173 Å². The standard InChI is InChI=1S/C20H32B13N/c1-3(21)7(23)8(24)5-6-9(25)10(26)12(28)15(31)19(6)34(18(5)4(2)22)20-16(32)13(29)11(27)14(30)17(20)33/h21-33H2,1-2H3/b7-3-,8-5+,18-4-. The van der Waals surface area contributed by atoms with Crippen LogP contribution >= 0.6 is 0 Å². The number of rotatable bonds is 2. The molecule has 0 N–H and O–H groups in total. The van der Waals surface area contributed by atoms with Gasteiger partial charge in [0, 0.05) is 16.6 Å². The largest absolute Gasteiger partial charge is 0.312 e. The second-order valence-electron chi connectivity index (χ2n) is 11.0. The van der Waals surface area contributed by atoms with Crippen LogP contribution in [0.1, 0.15) is 13.8 Å². The number of allylic oxidation sites excluding steroid dienone is 2. The highest BCUT2D eigenvalue weighted by Gasteiger charge is 2.22. The minimum Gasteiger partial charge on any atom is -0.312 e. The van der Waals surface area contributed by atoms with E-state index in [1.807, 2.05) is 0 Å². The predicted molar refractivity (Wildman–Crippen MR) is 195 cm³/mol. The van der Waals surface area contributed by atoms with E-state index in [0.29, 0.717) is 0 Å². The molecule has 1 heterocycles. The molecule has 0 amide bonds. The van der Waals surface area contributed by atoms with Gasteiger partial charge in [-0.05, 0) is 10.6 Å². The molecule has 0 saturated heterocycles. The summed E-state index contributed by atoms with van der Waals surface area (Å²) in [5.41, 5.74) is 20.9. The molecular weight excluding hydrogens is 395 g/mol. The summed E-state index contributed by atoms with van der Waals surface area (Å²) < 4.78 is 2.63. The molecular formula is C20H32B13N. The highest BCUT2D eigenvalue weighted by molar-refractivity contribution is 6.69. The average Bonchev–Trinajstić information content (AvgIpc) is 3.13. The van der Waals surface area contributed by atoms with Crippen LogP contribution in [0.5, 0.6) is 0 Å². The van der Waals surface area contributed by atoms with Gasteiger partial charge in [-0.15, -0.1) is 21.9 Å². The molecule has 156 valence electrons. The SMILES string of the molecule is B/C(C)=C(B)/C(B)=c1\c(=C(\B)C)n(-c2c(B)c(B)c(B)c(B)c2B)c2c(B)c(B)c(B)c(B)c12. The van der Waals surface area contributed by atoms with Gasteiger partial charge in [0.05, 0.1) is 0 Å². The summed E-state index contributed by atoms with van der Waals surface area (Å²) in [6, 6.07) is 0. The molecule has 0 atom stereocenters. The normalized spacial score (nSPS) is 14.2. The fraction of sp³-hybridized carbons (Fsp3) is 0.100. The van der Waals surface area contributed by atoms with Gasteiger partial charge < -0.3 is 4.57 Å². The van der Waals surface area contributed by atoms with E-state index in [1.54, 1.807) is 0 Å². The Kier molecular flexibility index (Phi) is 7.44. The zero-order valence-electron chi connectivity index (χ0n) is 24.4. The summed E-state index contributed by atoms with van der Waals surface area (Å²) in [6.45, 7) is 4.51. The first-order chi connectivity index (χ1) is 15.7. The lowest BCUT2D eigenvalue weighted by atomic mass is 9.61. The minimum atomic E-state index is 1.36. The van der Waals surface area contributed by atoms with Crippen molar-refractivity contribution in [3.8, 4) is 5.69 Å². The van der Waals surface area contributed by atoms with Crippen molar-refractivity contribution in [3.63, 3.8) is 0 Å². The molecule has 0 spiro atoms. The van der Waals surface area contributed by atoms with Crippen LogP contribution in [0.2, 0.25) is 0 Å². The van der Waals surface area contributed by atoms with E-state index in [0.717, 1.165) is 0 Å². The van der Waals surface area contributed by atoms with Gasteiger partial charge in [0.2, 0.25) is 0 Å². The third-order valence-electron chi connectivity index (χ3n) is 8.93. The summed E-state index contributed by atoms with van der Waals surface area (Å²) in [5, 5.41) is 4.19. The Morgan fingerprint density at radius 1 is 0.559 bits per heavy atom. The number of benzene rings is 2. The van der Waals surface area contributed by atoms with Crippen LogP contribution < -0.4 is 59.7 Å². The lowest BCUT2D eigenvalue weighted by Crippen LogP contribution is -2.57. The topological polar surface area (TPSA) is 4.93 Å². The number of aromatic nitrogens is 1. The van der Waals surface area contributed by atoms with Crippen molar-refractivity contribution in [2.45, 2.75) is 13.8 Å². The molecule has 0 saturated carbocycles. The number of nitrogens with zero attached hydrogens (tertiary/aromatic N) is 1. The maximum Gasteiger partial charge on any atom is 0.141 e. The molecule has 0 unspecified atom stereocenters. The summed E-state index contributed by atoms with van der Waals surface area (Å²) in [5.74, 6) is 0. The quantitative estimate of drug-likeness (QED) is 0.359. The van der Waals surface area contributed by atoms with Crippen molar-refractivity contribution in [1.82, 2.24) is 4.57 Å². The summed E-state index contributed by atoms with van der Waals surface area (Å²) in [4.78, 5) is 0. The maximum absolute atomic E-state index is 2.63. The Balaban J connectivity index is 2.96. The second-order valence-corrected chi connectivity index (χ2v) is 11.0. The predicted octanol–water partition coefficient (Wildman–Crippen LogP) is -16.0. The molecule has 3 aromatic rings. The highest BCUT2D eigenvalue weighted by Crippen LogP contribution is 2.11. The Hall–Kier alpha value is -1.70. The van der Waals surface area contributed by atoms with Gasteiger partial charge in [-0.2, -0.15) is 0 Å². The number of fused-ring (bicyclic) bond motifs is 1. The summed E-state index contributed by atoms with van der Waals surface area (Å²) in [6.07, 6.45) is 0. The zero-order valence-corrected chi connectivity index (χ0v) is 24.4. The smallest absolute Gasteiger partial charge is 0.141 e. The Bertz CT molecular complexity index is 1510. The molecule has 0 radical (unpaired) electrons. The molecule has 3 rings (SSSR count). The lowest BCUT2D eigenvalue weighted by molar-refractivity contribution is 1.09. The van der Waals surface area contributed by atoms with Gasteiger partial charge in [-0.25, -0.2) is 0 Å². The average molecular weight is 427 g/mol. The molecule has 1 nitrogen and oxygen atoms in total. The summed E-state index contributed by atoms with van der Waals surface area (Å²) >= 11 is 0. The van der Waals surface area contributed by atoms with Gasteiger partial charge in [0.15, 0.2) is 0 Å². The van der Waals surface area contributed by atoms with Gasteiger partial charge in [-0.3, -0.25) is 0 Å². The van der Waals surface area contributed by atoms with Crippen LogP contribution in [-0.4, -0.2) is 107 Å². The zero-order chi connectivity index (χ0) is 26.0. The molecule has 34 heavy (non-hydrogen) atoms. The number of hydrogen-bond acceptors (Lipinski definition) is 0. The second kappa shape index (κ2) is 9.40. The fourth-order valence-corrected chi connectivity index (χ4v) is 5.66. The van der Waals surface area contributed by atoms with Gasteiger partial charge in [0.25, 0.3) is 0 Å². The van der Waals surface area contributed by atoms with E-state index in [1.165, 1.54) is 98.2 Å². The molecule has 0 bridgehead atoms. The maximum atomic E-state index is 2.63. The Morgan fingerprint density at radius 3 is 1.41 bits per heavy atom. The molecule has 0 aliphatic carbocycles. The molecule has 0 aliphatic heterocycles. The van der Waals surface area contributed by atoms with E-state index in [2.05, 4.69) is 120 Å². The minimum absolute atomic E-state index is 1.36. The van der Waals surface area contributed by atoms with Crippen LogP contribution in [-0.2, 0) is 0 Å². The monoisotopic (exact) mass is 429 g/mol. The Morgan fingerprint density at radius 2 is 0.971 bits per heavy atom. The first-order valence-electron chi connectivity index (χ1n) is 12.7. The van der Waals surface area contributed by atoms with Gasteiger partial charge >= 0.3 is 0 Å². The van der Waals surface area contributed by atoms with E-state index < -0.39 is 0 Å². The van der Waals surface area contributed by atoms with Gasteiger partial charge in [-0.1, -0.05) is 63.0 Å². The van der Waals surface area contributed by atoms with E-state index in [4.69, 9.17) is 0 Å². The fourth-order valence-electron chi connectivity index (χ4n) is 5.66. The van der Waals surface area contributed by atoms with Crippen LogP contribution in [0.15, 0.2) is 10.9 Å². The van der Waals surface area contributed by atoms with Crippen molar-refractivity contribution in [2.24, 2.45) is 0 Å². The van der Waals surface area contributed by atoms with Crippen molar-refractivity contribution in [2.75, 3.05) is 0 Å². The highest BCUT2D eigenvalue weighted by atomic mass is 15.0. The van der Waals surface area contributed by atoms with Crippen LogP contribution in [0.4, 0.5) is 0 Å². The van der Waals surface area contributed by atoms with E-state index in [9.17, 15) is 0 Å². The van der Waals surface area contributed by atoms with Crippen molar-refractivity contribution < 1.29 is 0 Å². The third-order valence-corrected chi connectivity index (χ3v) is 8.93. The lowest BCUT2D eigenvalue weighted by Gasteiger charge is -2.24. The first-order valence-corrected chi connectivity index (χ1v) is 12.7. The van der Waals surface area contributed by atoms with Gasteiger partial charge in [0.1, 0.15) is 102 Å². The van der Waals surface area contributed by atoms with Crippen LogP contribution in [0, 0.1) is 0 Å². The van der Waals surface area contributed by atoms with Crippen molar-refractivity contribution in [3.05, 3.63) is 21.5 Å². The molecule has 1 aromatic heterocycles. The van der Waals surface area contributed by atoms with Crippen molar-refractivity contribution in [1.29, 1.82) is 0 Å². The molecule has 2 aromatic carbocycles. The van der Waals surface area contributed by atoms with E-state index >= 15 is 0 Å². The molecule has 0 aliphatic rings. The van der Waals surface area contributed by atoms with Crippen LogP contribution in [0.25, 0.3) is 27.5 Å². The first kappa shape index (κ1) is 26.9. The summed E-state index contributed by atoms with van der Waals surface area (Å²) in [7, 11) is 29.8. The molecule has 0 fully saturated rings. The third kappa shape index (κ3) is 3.84. The number of hydrogen-bond donors (Lipinski definition) is 0. The van der Waals surface area contributed by atoms with E-state index in [-0.39, 0.29) is 0 Å². The Labute approximate surface area is 218 Å². The van der Waals surface area contributed by atoms with Crippen LogP contribution in [0.3, 0.4) is 0 Å².